The average Bonchev–Trinajstić information content (AvgIpc) is 2.83. The summed E-state index contributed by atoms with van der Waals surface area (Å²) in [7, 11) is 2.13. The zero-order valence-electron chi connectivity index (χ0n) is 13.7. The van der Waals surface area contributed by atoms with E-state index >= 15 is 0 Å². The highest BCUT2D eigenvalue weighted by atomic mass is 14.8. The van der Waals surface area contributed by atoms with Gasteiger partial charge in [-0.15, -0.1) is 0 Å². The van der Waals surface area contributed by atoms with Gasteiger partial charge in [-0.2, -0.15) is 0 Å². The van der Waals surface area contributed by atoms with Crippen LogP contribution in [0.3, 0.4) is 0 Å². The Morgan fingerprint density at radius 1 is 0.947 bits per heavy atom. The van der Waals surface area contributed by atoms with Gasteiger partial charge in [0, 0.05) is 0 Å². The summed E-state index contributed by atoms with van der Waals surface area (Å²) in [5.41, 5.74) is 0.512. The van der Waals surface area contributed by atoms with Crippen molar-refractivity contribution in [1.29, 1.82) is 0 Å². The molecule has 0 aliphatic heterocycles. The summed E-state index contributed by atoms with van der Waals surface area (Å²) in [4.78, 5) is 0. The van der Waals surface area contributed by atoms with Crippen LogP contribution in [-0.4, -0.2) is 13.6 Å². The van der Waals surface area contributed by atoms with Crippen LogP contribution < -0.4 is 5.32 Å². The molecule has 1 N–H and O–H groups in total. The summed E-state index contributed by atoms with van der Waals surface area (Å²) < 4.78 is 0. The van der Waals surface area contributed by atoms with Gasteiger partial charge in [-0.05, 0) is 68.4 Å². The predicted octanol–water partition coefficient (Wildman–Crippen LogP) is 4.86. The van der Waals surface area contributed by atoms with Crippen molar-refractivity contribution in [3.05, 3.63) is 0 Å². The third kappa shape index (κ3) is 4.21. The van der Waals surface area contributed by atoms with E-state index < -0.39 is 0 Å². The minimum absolute atomic E-state index is 0.512. The number of rotatable bonds is 4. The molecule has 0 radical (unpaired) electrons. The average molecular weight is 265 g/mol. The zero-order valence-corrected chi connectivity index (χ0v) is 13.7. The fourth-order valence-electron chi connectivity index (χ4n) is 4.61. The first-order valence-electron chi connectivity index (χ1n) is 8.65. The standard InChI is InChI=1S/C18H35N/c1-18(2,3)17-10-9-15(13-19-4)16(12-17)11-14-7-5-6-8-14/h14-17,19H,5-13H2,1-4H3. The molecule has 3 atom stereocenters. The summed E-state index contributed by atoms with van der Waals surface area (Å²) in [6.07, 6.45) is 12.0. The molecule has 0 spiro atoms. The Labute approximate surface area is 120 Å². The lowest BCUT2D eigenvalue weighted by molar-refractivity contribution is 0.0841. The largest absolute Gasteiger partial charge is 0.319 e. The van der Waals surface area contributed by atoms with Gasteiger partial charge in [-0.1, -0.05) is 46.5 Å². The highest BCUT2D eigenvalue weighted by molar-refractivity contribution is 4.88. The van der Waals surface area contributed by atoms with E-state index in [0.717, 1.165) is 23.7 Å². The third-order valence-electron chi connectivity index (χ3n) is 5.94. The summed E-state index contributed by atoms with van der Waals surface area (Å²) >= 11 is 0. The molecule has 1 nitrogen and oxygen atoms in total. The molecule has 0 aromatic heterocycles. The maximum Gasteiger partial charge on any atom is -0.00209 e. The second-order valence-corrected chi connectivity index (χ2v) is 8.34. The maximum atomic E-state index is 3.45. The first kappa shape index (κ1) is 15.4. The van der Waals surface area contributed by atoms with E-state index in [2.05, 4.69) is 33.1 Å². The molecule has 3 unspecified atom stereocenters. The highest BCUT2D eigenvalue weighted by Gasteiger charge is 2.36. The third-order valence-corrected chi connectivity index (χ3v) is 5.94. The van der Waals surface area contributed by atoms with Crippen LogP contribution in [0.2, 0.25) is 0 Å². The first-order valence-corrected chi connectivity index (χ1v) is 8.65. The molecule has 112 valence electrons. The molecular weight excluding hydrogens is 230 g/mol. The van der Waals surface area contributed by atoms with Crippen LogP contribution in [0.1, 0.15) is 72.1 Å². The van der Waals surface area contributed by atoms with Gasteiger partial charge in [0.1, 0.15) is 0 Å². The van der Waals surface area contributed by atoms with E-state index in [1.54, 1.807) is 0 Å². The Hall–Kier alpha value is -0.0400. The second-order valence-electron chi connectivity index (χ2n) is 8.34. The van der Waals surface area contributed by atoms with Crippen LogP contribution in [0.15, 0.2) is 0 Å². The van der Waals surface area contributed by atoms with E-state index in [4.69, 9.17) is 0 Å². The van der Waals surface area contributed by atoms with E-state index in [-0.39, 0.29) is 0 Å². The van der Waals surface area contributed by atoms with Gasteiger partial charge in [0.05, 0.1) is 0 Å². The molecule has 0 saturated heterocycles. The Morgan fingerprint density at radius 3 is 2.21 bits per heavy atom. The lowest BCUT2D eigenvalue weighted by Gasteiger charge is -2.43. The molecule has 2 aliphatic rings. The van der Waals surface area contributed by atoms with Crippen molar-refractivity contribution < 1.29 is 0 Å². The SMILES string of the molecule is CNCC1CCC(C(C)(C)C)CC1CC1CCCC1. The smallest absolute Gasteiger partial charge is 0.00209 e. The van der Waals surface area contributed by atoms with Gasteiger partial charge in [-0.25, -0.2) is 0 Å². The Bertz CT molecular complexity index is 259. The van der Waals surface area contributed by atoms with Crippen molar-refractivity contribution in [2.75, 3.05) is 13.6 Å². The summed E-state index contributed by atoms with van der Waals surface area (Å²) in [5.74, 6) is 3.95. The van der Waals surface area contributed by atoms with Gasteiger partial charge >= 0.3 is 0 Å². The minimum Gasteiger partial charge on any atom is -0.319 e. The molecule has 2 aliphatic carbocycles. The molecule has 0 amide bonds. The number of hydrogen-bond donors (Lipinski definition) is 1. The van der Waals surface area contributed by atoms with Crippen LogP contribution in [-0.2, 0) is 0 Å². The summed E-state index contributed by atoms with van der Waals surface area (Å²) in [6.45, 7) is 8.59. The maximum absolute atomic E-state index is 3.45. The Balaban J connectivity index is 1.95. The first-order chi connectivity index (χ1) is 9.00. The molecule has 19 heavy (non-hydrogen) atoms. The van der Waals surface area contributed by atoms with E-state index in [1.807, 2.05) is 0 Å². The van der Waals surface area contributed by atoms with Crippen molar-refractivity contribution >= 4 is 0 Å². The molecular formula is C18H35N. The van der Waals surface area contributed by atoms with Crippen LogP contribution >= 0.6 is 0 Å². The second kappa shape index (κ2) is 6.61. The molecule has 2 saturated carbocycles. The highest BCUT2D eigenvalue weighted by Crippen LogP contribution is 2.46. The van der Waals surface area contributed by atoms with Crippen molar-refractivity contribution in [1.82, 2.24) is 5.32 Å². The summed E-state index contributed by atoms with van der Waals surface area (Å²) in [6, 6.07) is 0. The van der Waals surface area contributed by atoms with Crippen molar-refractivity contribution in [2.24, 2.45) is 29.1 Å². The lowest BCUT2D eigenvalue weighted by Crippen LogP contribution is -2.36. The van der Waals surface area contributed by atoms with E-state index in [0.29, 0.717) is 5.41 Å². The lowest BCUT2D eigenvalue weighted by atomic mass is 9.64. The van der Waals surface area contributed by atoms with Crippen molar-refractivity contribution in [2.45, 2.75) is 72.1 Å². The Morgan fingerprint density at radius 2 is 1.63 bits per heavy atom. The fourth-order valence-corrected chi connectivity index (χ4v) is 4.61. The van der Waals surface area contributed by atoms with Gasteiger partial charge < -0.3 is 5.32 Å². The van der Waals surface area contributed by atoms with E-state index in [9.17, 15) is 0 Å². The van der Waals surface area contributed by atoms with Crippen molar-refractivity contribution in [3.8, 4) is 0 Å². The van der Waals surface area contributed by atoms with E-state index in [1.165, 1.54) is 57.9 Å². The zero-order chi connectivity index (χ0) is 13.9. The van der Waals surface area contributed by atoms with Crippen LogP contribution in [0.25, 0.3) is 0 Å². The van der Waals surface area contributed by atoms with Gasteiger partial charge in [-0.3, -0.25) is 0 Å². The monoisotopic (exact) mass is 265 g/mol. The van der Waals surface area contributed by atoms with Crippen LogP contribution in [0.4, 0.5) is 0 Å². The Kier molecular flexibility index (Phi) is 5.34. The minimum atomic E-state index is 0.512. The topological polar surface area (TPSA) is 12.0 Å². The number of hydrogen-bond acceptors (Lipinski definition) is 1. The van der Waals surface area contributed by atoms with Gasteiger partial charge in [0.25, 0.3) is 0 Å². The molecule has 0 heterocycles. The molecule has 0 aromatic carbocycles. The summed E-state index contributed by atoms with van der Waals surface area (Å²) in [5, 5.41) is 3.45. The van der Waals surface area contributed by atoms with Gasteiger partial charge in [0.2, 0.25) is 0 Å². The predicted molar refractivity (Wildman–Crippen MR) is 84.3 cm³/mol. The van der Waals surface area contributed by atoms with Crippen molar-refractivity contribution in [3.63, 3.8) is 0 Å². The molecule has 0 aromatic rings. The van der Waals surface area contributed by atoms with Gasteiger partial charge in [0.15, 0.2) is 0 Å². The van der Waals surface area contributed by atoms with Crippen LogP contribution in [0.5, 0.6) is 0 Å². The molecule has 2 fully saturated rings. The number of nitrogens with one attached hydrogen (secondary N) is 1. The quantitative estimate of drug-likeness (QED) is 0.765. The van der Waals surface area contributed by atoms with Crippen LogP contribution in [0, 0.1) is 29.1 Å². The molecule has 2 rings (SSSR count). The fraction of sp³-hybridized carbons (Fsp3) is 1.00. The normalized spacial score (nSPS) is 33.8. The molecule has 0 bridgehead atoms. The molecule has 1 heteroatoms.